The number of amides is 1. The number of fused-ring (bicyclic) bond motifs is 1. The summed E-state index contributed by atoms with van der Waals surface area (Å²) in [5.41, 5.74) is 1.09. The van der Waals surface area contributed by atoms with Crippen LogP contribution < -0.4 is 4.90 Å². The Bertz CT molecular complexity index is 508. The number of carbonyl (C=O) groups excluding carboxylic acids is 1. The van der Waals surface area contributed by atoms with Crippen LogP contribution in [0.5, 0.6) is 5.75 Å². The van der Waals surface area contributed by atoms with Gasteiger partial charge in [-0.25, -0.2) is 4.39 Å². The van der Waals surface area contributed by atoms with Gasteiger partial charge in [-0.15, -0.1) is 0 Å². The highest BCUT2D eigenvalue weighted by atomic mass is 19.1. The van der Waals surface area contributed by atoms with E-state index in [-0.39, 0.29) is 12.5 Å². The minimum atomic E-state index is -0.699. The van der Waals surface area contributed by atoms with E-state index in [9.17, 15) is 14.3 Å². The van der Waals surface area contributed by atoms with Crippen LogP contribution in [0.25, 0.3) is 0 Å². The molecule has 0 bridgehead atoms. The predicted molar refractivity (Wildman–Crippen MR) is 59.0 cm³/mol. The minimum Gasteiger partial charge on any atom is -0.505 e. The summed E-state index contributed by atoms with van der Waals surface area (Å²) in [5.74, 6) is -1.37. The van der Waals surface area contributed by atoms with Gasteiger partial charge in [0, 0.05) is 12.5 Å². The molecule has 5 heteroatoms. The number of aromatic hydroxyl groups is 1. The van der Waals surface area contributed by atoms with Gasteiger partial charge >= 0.3 is 0 Å². The maximum absolute atomic E-state index is 13.2. The molecule has 0 unspecified atom stereocenters. The molecule has 1 aliphatic heterocycles. The lowest BCUT2D eigenvalue weighted by Gasteiger charge is -2.20. The summed E-state index contributed by atoms with van der Waals surface area (Å²) in [6.45, 7) is -0.0864. The Morgan fingerprint density at radius 3 is 2.94 bits per heavy atom. The largest absolute Gasteiger partial charge is 0.505 e. The van der Waals surface area contributed by atoms with Gasteiger partial charge < -0.3 is 5.11 Å². The number of hydrogen-bond donors (Lipinski definition) is 1. The first-order chi connectivity index (χ1) is 8.13. The SMILES string of the molecule is N#CCN1C(=O)CCCc2cc(F)c(O)cc21. The second kappa shape index (κ2) is 4.42. The summed E-state index contributed by atoms with van der Waals surface area (Å²) in [7, 11) is 0. The van der Waals surface area contributed by atoms with E-state index in [1.165, 1.54) is 17.0 Å². The first-order valence-electron chi connectivity index (χ1n) is 5.32. The number of anilines is 1. The van der Waals surface area contributed by atoms with Crippen LogP contribution in [-0.2, 0) is 11.2 Å². The van der Waals surface area contributed by atoms with Crippen molar-refractivity contribution in [2.45, 2.75) is 19.3 Å². The Morgan fingerprint density at radius 2 is 2.24 bits per heavy atom. The van der Waals surface area contributed by atoms with Crippen molar-refractivity contribution in [3.05, 3.63) is 23.5 Å². The zero-order chi connectivity index (χ0) is 12.4. The zero-order valence-electron chi connectivity index (χ0n) is 9.11. The summed E-state index contributed by atoms with van der Waals surface area (Å²) in [4.78, 5) is 13.1. The third-order valence-electron chi connectivity index (χ3n) is 2.81. The average Bonchev–Trinajstić information content (AvgIpc) is 2.42. The average molecular weight is 234 g/mol. The van der Waals surface area contributed by atoms with Crippen molar-refractivity contribution in [1.29, 1.82) is 5.26 Å². The lowest BCUT2D eigenvalue weighted by atomic mass is 10.1. The Hall–Kier alpha value is -2.09. The maximum Gasteiger partial charge on any atom is 0.227 e. The van der Waals surface area contributed by atoms with Crippen LogP contribution in [0.3, 0.4) is 0 Å². The molecule has 0 spiro atoms. The van der Waals surface area contributed by atoms with E-state index in [0.29, 0.717) is 30.5 Å². The van der Waals surface area contributed by atoms with Crippen LogP contribution in [0, 0.1) is 17.1 Å². The number of rotatable bonds is 1. The molecular weight excluding hydrogens is 223 g/mol. The fourth-order valence-electron chi connectivity index (χ4n) is 1.99. The van der Waals surface area contributed by atoms with Crippen LogP contribution in [0.2, 0.25) is 0 Å². The van der Waals surface area contributed by atoms with Crippen molar-refractivity contribution in [1.82, 2.24) is 0 Å². The molecule has 0 saturated heterocycles. The number of halogens is 1. The Morgan fingerprint density at radius 1 is 1.47 bits per heavy atom. The third kappa shape index (κ3) is 2.07. The number of hydrogen-bond acceptors (Lipinski definition) is 3. The number of phenolic OH excluding ortho intramolecular Hbond substituents is 1. The molecule has 17 heavy (non-hydrogen) atoms. The Kier molecular flexibility index (Phi) is 2.96. The van der Waals surface area contributed by atoms with Crippen LogP contribution in [0.1, 0.15) is 18.4 Å². The molecule has 1 aliphatic rings. The molecule has 88 valence electrons. The number of nitrogens with zero attached hydrogens (tertiary/aromatic N) is 2. The number of phenols is 1. The standard InChI is InChI=1S/C12H11FN2O2/c13-9-6-8-2-1-3-12(17)15(5-4-14)10(8)7-11(9)16/h6-7,16H,1-3,5H2. The topological polar surface area (TPSA) is 64.3 Å². The highest BCUT2D eigenvalue weighted by molar-refractivity contribution is 5.95. The van der Waals surface area contributed by atoms with E-state index in [1.807, 2.05) is 6.07 Å². The van der Waals surface area contributed by atoms with Crippen molar-refractivity contribution in [3.63, 3.8) is 0 Å². The molecule has 4 nitrogen and oxygen atoms in total. The molecule has 0 aromatic heterocycles. The highest BCUT2D eigenvalue weighted by Gasteiger charge is 2.23. The third-order valence-corrected chi connectivity index (χ3v) is 2.81. The fourth-order valence-corrected chi connectivity index (χ4v) is 1.99. The van der Waals surface area contributed by atoms with Gasteiger partial charge in [0.25, 0.3) is 0 Å². The van der Waals surface area contributed by atoms with E-state index >= 15 is 0 Å². The molecule has 1 aromatic rings. The van der Waals surface area contributed by atoms with E-state index in [2.05, 4.69) is 0 Å². The molecule has 1 heterocycles. The van der Waals surface area contributed by atoms with Gasteiger partial charge in [0.2, 0.25) is 5.91 Å². The first-order valence-corrected chi connectivity index (χ1v) is 5.32. The Balaban J connectivity index is 2.53. The van der Waals surface area contributed by atoms with Crippen molar-refractivity contribution < 1.29 is 14.3 Å². The van der Waals surface area contributed by atoms with Crippen LogP contribution in [0.15, 0.2) is 12.1 Å². The molecule has 2 rings (SSSR count). The second-order valence-corrected chi connectivity index (χ2v) is 3.92. The summed E-state index contributed by atoms with van der Waals surface area (Å²) in [6, 6.07) is 4.34. The zero-order valence-corrected chi connectivity index (χ0v) is 9.11. The van der Waals surface area contributed by atoms with Gasteiger partial charge in [0.1, 0.15) is 6.54 Å². The molecule has 1 amide bonds. The lowest BCUT2D eigenvalue weighted by molar-refractivity contribution is -0.118. The van der Waals surface area contributed by atoms with Gasteiger partial charge in [-0.05, 0) is 24.5 Å². The molecule has 0 atom stereocenters. The second-order valence-electron chi connectivity index (χ2n) is 3.92. The van der Waals surface area contributed by atoms with Crippen molar-refractivity contribution >= 4 is 11.6 Å². The predicted octanol–water partition coefficient (Wildman–Crippen LogP) is 1.72. The summed E-state index contributed by atoms with van der Waals surface area (Å²) in [5, 5.41) is 18.0. The van der Waals surface area contributed by atoms with Gasteiger partial charge in [0.15, 0.2) is 11.6 Å². The summed E-state index contributed by atoms with van der Waals surface area (Å²) in [6.07, 6.45) is 1.52. The van der Waals surface area contributed by atoms with Gasteiger partial charge in [-0.3, -0.25) is 9.69 Å². The molecule has 0 radical (unpaired) electrons. The maximum atomic E-state index is 13.2. The van der Waals surface area contributed by atoms with E-state index in [4.69, 9.17) is 5.26 Å². The smallest absolute Gasteiger partial charge is 0.227 e. The van der Waals surface area contributed by atoms with Gasteiger partial charge in [-0.1, -0.05) is 0 Å². The van der Waals surface area contributed by atoms with Gasteiger partial charge in [0.05, 0.1) is 11.8 Å². The molecule has 1 aromatic carbocycles. The highest BCUT2D eigenvalue weighted by Crippen LogP contribution is 2.32. The number of nitriles is 1. The van der Waals surface area contributed by atoms with Crippen molar-refractivity contribution in [2.75, 3.05) is 11.4 Å². The normalized spacial score (nSPS) is 15.1. The molecule has 0 saturated carbocycles. The lowest BCUT2D eigenvalue weighted by Crippen LogP contribution is -2.30. The van der Waals surface area contributed by atoms with Gasteiger partial charge in [-0.2, -0.15) is 5.26 Å². The molecular formula is C12H11FN2O2. The quantitative estimate of drug-likeness (QED) is 0.752. The Labute approximate surface area is 97.9 Å². The number of aryl methyl sites for hydroxylation is 1. The fraction of sp³-hybridized carbons (Fsp3) is 0.333. The van der Waals surface area contributed by atoms with E-state index in [1.54, 1.807) is 0 Å². The van der Waals surface area contributed by atoms with Crippen LogP contribution >= 0.6 is 0 Å². The van der Waals surface area contributed by atoms with Crippen molar-refractivity contribution in [3.8, 4) is 11.8 Å². The molecule has 0 fully saturated rings. The first kappa shape index (κ1) is 11.4. The summed E-state index contributed by atoms with van der Waals surface area (Å²) >= 11 is 0. The molecule has 0 aliphatic carbocycles. The van der Waals surface area contributed by atoms with E-state index < -0.39 is 11.6 Å². The summed E-state index contributed by atoms with van der Waals surface area (Å²) < 4.78 is 13.2. The number of carbonyl (C=O) groups is 1. The monoisotopic (exact) mass is 234 g/mol. The number of benzene rings is 1. The van der Waals surface area contributed by atoms with Crippen molar-refractivity contribution in [2.24, 2.45) is 0 Å². The minimum absolute atomic E-state index is 0.0864. The van der Waals surface area contributed by atoms with E-state index in [0.717, 1.165) is 0 Å². The molecule has 1 N–H and O–H groups in total. The van der Waals surface area contributed by atoms with Crippen LogP contribution in [-0.4, -0.2) is 17.6 Å². The van der Waals surface area contributed by atoms with Crippen LogP contribution in [0.4, 0.5) is 10.1 Å².